The summed E-state index contributed by atoms with van der Waals surface area (Å²) in [6, 6.07) is 2.36. The maximum Gasteiger partial charge on any atom is 0.149 e. The molecule has 3 atom stereocenters. The fourth-order valence-electron chi connectivity index (χ4n) is 3.22. The number of amidine groups is 2. The van der Waals surface area contributed by atoms with Crippen LogP contribution < -0.4 is 5.32 Å². The smallest absolute Gasteiger partial charge is 0.149 e. The molecular weight excluding hydrogens is 398 g/mol. The van der Waals surface area contributed by atoms with Crippen molar-refractivity contribution in [2.75, 3.05) is 13.1 Å². The van der Waals surface area contributed by atoms with Crippen LogP contribution in [0.5, 0.6) is 0 Å². The van der Waals surface area contributed by atoms with Crippen LogP contribution in [0.15, 0.2) is 68.3 Å². The van der Waals surface area contributed by atoms with Gasteiger partial charge in [-0.3, -0.25) is 15.0 Å². The minimum absolute atomic E-state index is 0.00982. The second kappa shape index (κ2) is 13.9. The Morgan fingerprint density at radius 3 is 2.94 bits per heavy atom. The molecular formula is C25H35N7. The summed E-state index contributed by atoms with van der Waals surface area (Å²) >= 11 is 0. The molecule has 2 heterocycles. The maximum absolute atomic E-state index is 9.73. The lowest BCUT2D eigenvalue weighted by atomic mass is 10.1. The highest BCUT2D eigenvalue weighted by Crippen LogP contribution is 2.13. The molecule has 3 unspecified atom stereocenters. The summed E-state index contributed by atoms with van der Waals surface area (Å²) < 4.78 is 0. The van der Waals surface area contributed by atoms with E-state index in [4.69, 9.17) is 4.99 Å². The summed E-state index contributed by atoms with van der Waals surface area (Å²) in [7, 11) is 0. The number of aliphatic imine (C=N–C) groups is 4. The van der Waals surface area contributed by atoms with E-state index >= 15 is 0 Å². The van der Waals surface area contributed by atoms with E-state index in [2.05, 4.69) is 65.4 Å². The lowest BCUT2D eigenvalue weighted by Crippen LogP contribution is -2.38. The normalized spacial score (nSPS) is 24.5. The molecule has 7 nitrogen and oxygen atoms in total. The molecule has 2 aliphatic heterocycles. The van der Waals surface area contributed by atoms with Crippen LogP contribution in [0.3, 0.4) is 0 Å². The van der Waals surface area contributed by atoms with E-state index in [0.717, 1.165) is 31.6 Å². The van der Waals surface area contributed by atoms with E-state index in [0.29, 0.717) is 23.9 Å². The van der Waals surface area contributed by atoms with Crippen molar-refractivity contribution in [2.24, 2.45) is 25.9 Å². The molecule has 0 radical (unpaired) electrons. The Labute approximate surface area is 192 Å². The van der Waals surface area contributed by atoms with Crippen LogP contribution in [0.2, 0.25) is 0 Å². The van der Waals surface area contributed by atoms with Gasteiger partial charge in [0.05, 0.1) is 31.2 Å². The predicted octanol–water partition coefficient (Wildman–Crippen LogP) is 4.44. The summed E-state index contributed by atoms with van der Waals surface area (Å²) in [5.74, 6) is 1.84. The van der Waals surface area contributed by atoms with Crippen molar-refractivity contribution in [3.63, 3.8) is 0 Å². The third-order valence-electron chi connectivity index (χ3n) is 5.22. The molecule has 0 aliphatic carbocycles. The van der Waals surface area contributed by atoms with Gasteiger partial charge in [-0.15, -0.1) is 0 Å². The molecule has 32 heavy (non-hydrogen) atoms. The van der Waals surface area contributed by atoms with Gasteiger partial charge < -0.3 is 10.2 Å². The van der Waals surface area contributed by atoms with Crippen molar-refractivity contribution in [3.05, 3.63) is 48.4 Å². The van der Waals surface area contributed by atoms with E-state index in [1.165, 1.54) is 0 Å². The molecule has 0 bridgehead atoms. The lowest BCUT2D eigenvalue weighted by molar-refractivity contribution is 0.552. The van der Waals surface area contributed by atoms with Gasteiger partial charge in [0.1, 0.15) is 23.3 Å². The van der Waals surface area contributed by atoms with Crippen LogP contribution in [0, 0.1) is 17.2 Å². The van der Waals surface area contributed by atoms with E-state index in [1.54, 1.807) is 18.8 Å². The lowest BCUT2D eigenvalue weighted by Gasteiger charge is -2.25. The van der Waals surface area contributed by atoms with E-state index in [9.17, 15) is 5.26 Å². The highest BCUT2D eigenvalue weighted by molar-refractivity contribution is 6.09. The molecule has 0 aromatic rings. The third kappa shape index (κ3) is 8.10. The maximum atomic E-state index is 9.73. The highest BCUT2D eigenvalue weighted by Gasteiger charge is 2.21. The number of hydrogen-bond donors (Lipinski definition) is 1. The summed E-state index contributed by atoms with van der Waals surface area (Å²) in [5.41, 5.74) is 0.434. The fraction of sp³-hybridized carbons (Fsp3) is 0.480. The number of allylic oxidation sites excluding steroid dienone is 3. The van der Waals surface area contributed by atoms with Crippen molar-refractivity contribution in [2.45, 2.75) is 59.0 Å². The second-order valence-electron chi connectivity index (χ2n) is 7.82. The summed E-state index contributed by atoms with van der Waals surface area (Å²) in [4.78, 5) is 20.0. The van der Waals surface area contributed by atoms with Crippen molar-refractivity contribution in [3.8, 4) is 6.07 Å². The SMILES string of the molecule is CC=N/C=C\C(C)CCCNC1=NC=C(C#N)C(N2C=NC(CC)/C=C\C=C/C2C)=NC1. The number of nitrogens with one attached hydrogen (secondary N) is 1. The van der Waals surface area contributed by atoms with Crippen molar-refractivity contribution >= 4 is 24.2 Å². The molecule has 1 N–H and O–H groups in total. The first kappa shape index (κ1) is 25.0. The number of hydrogen-bond acceptors (Lipinski definition) is 7. The Hall–Kier alpha value is -3.27. The van der Waals surface area contributed by atoms with Crippen LogP contribution in [-0.4, -0.2) is 54.3 Å². The molecule has 2 rings (SSSR count). The van der Waals surface area contributed by atoms with Gasteiger partial charge in [-0.05, 0) is 39.0 Å². The molecule has 0 amide bonds. The minimum atomic E-state index is 0.00982. The van der Waals surface area contributed by atoms with Crippen molar-refractivity contribution < 1.29 is 0 Å². The van der Waals surface area contributed by atoms with Gasteiger partial charge in [-0.25, -0.2) is 4.99 Å². The Kier molecular flexibility index (Phi) is 10.9. The van der Waals surface area contributed by atoms with Gasteiger partial charge in [-0.2, -0.15) is 5.26 Å². The van der Waals surface area contributed by atoms with Crippen LogP contribution in [0.25, 0.3) is 0 Å². The quantitative estimate of drug-likeness (QED) is 0.475. The molecule has 2 aliphatic rings. The Bertz CT molecular complexity index is 880. The zero-order chi connectivity index (χ0) is 23.2. The van der Waals surface area contributed by atoms with Gasteiger partial charge in [0.2, 0.25) is 0 Å². The molecule has 7 heteroatoms. The van der Waals surface area contributed by atoms with Crippen molar-refractivity contribution in [1.82, 2.24) is 10.2 Å². The first-order valence-corrected chi connectivity index (χ1v) is 11.4. The van der Waals surface area contributed by atoms with E-state index < -0.39 is 0 Å². The Morgan fingerprint density at radius 1 is 1.38 bits per heavy atom. The molecule has 0 aromatic heterocycles. The number of nitrogens with zero attached hydrogens (tertiary/aromatic N) is 6. The van der Waals surface area contributed by atoms with Crippen LogP contribution in [0.4, 0.5) is 0 Å². The van der Waals surface area contributed by atoms with E-state index in [-0.39, 0.29) is 12.1 Å². The number of nitriles is 1. The monoisotopic (exact) mass is 433 g/mol. The summed E-state index contributed by atoms with van der Waals surface area (Å²) in [6.45, 7) is 9.47. The molecule has 0 saturated carbocycles. The van der Waals surface area contributed by atoms with Gasteiger partial charge in [-0.1, -0.05) is 44.2 Å². The third-order valence-corrected chi connectivity index (χ3v) is 5.22. The average Bonchev–Trinajstić information content (AvgIpc) is 2.94. The Balaban J connectivity index is 2.03. The first-order chi connectivity index (χ1) is 15.6. The predicted molar refractivity (Wildman–Crippen MR) is 135 cm³/mol. The Morgan fingerprint density at radius 2 is 2.19 bits per heavy atom. The second-order valence-corrected chi connectivity index (χ2v) is 7.82. The van der Waals surface area contributed by atoms with Crippen LogP contribution >= 0.6 is 0 Å². The highest BCUT2D eigenvalue weighted by atomic mass is 15.2. The van der Waals surface area contributed by atoms with Gasteiger partial charge in [0.15, 0.2) is 0 Å². The van der Waals surface area contributed by atoms with E-state index in [1.807, 2.05) is 30.2 Å². The van der Waals surface area contributed by atoms with Crippen LogP contribution in [0.1, 0.15) is 47.0 Å². The fourth-order valence-corrected chi connectivity index (χ4v) is 3.22. The van der Waals surface area contributed by atoms with Gasteiger partial charge >= 0.3 is 0 Å². The van der Waals surface area contributed by atoms with Crippen molar-refractivity contribution in [1.29, 1.82) is 5.26 Å². The topological polar surface area (TPSA) is 88.5 Å². The standard InChI is InChI=1S/C25H35N7/c1-5-23-12-8-7-11-21(4)32(19-31-23)25-22(16-26)17-29-24(18-30-25)28-14-9-10-20(3)13-15-27-6-2/h6-8,11-13,15,17,19-21,23H,5,9-10,14,18H2,1-4H3,(H,28,29)/b11-7-,12-8-,15-13-,27-6?,31-19?. The molecule has 170 valence electrons. The molecule has 0 saturated heterocycles. The van der Waals surface area contributed by atoms with Crippen LogP contribution in [-0.2, 0) is 0 Å². The average molecular weight is 434 g/mol. The first-order valence-electron chi connectivity index (χ1n) is 11.4. The zero-order valence-corrected chi connectivity index (χ0v) is 19.6. The summed E-state index contributed by atoms with van der Waals surface area (Å²) in [6.07, 6.45) is 20.3. The van der Waals surface area contributed by atoms with Gasteiger partial charge in [0.25, 0.3) is 0 Å². The molecule has 0 spiro atoms. The largest absolute Gasteiger partial charge is 0.372 e. The van der Waals surface area contributed by atoms with Gasteiger partial charge in [0, 0.05) is 19.0 Å². The number of rotatable bonds is 7. The summed E-state index contributed by atoms with van der Waals surface area (Å²) in [5, 5.41) is 13.1. The minimum Gasteiger partial charge on any atom is -0.372 e. The zero-order valence-electron chi connectivity index (χ0n) is 19.6. The molecule has 0 aromatic carbocycles. The molecule has 0 fully saturated rings.